The van der Waals surface area contributed by atoms with Crippen molar-refractivity contribution in [1.82, 2.24) is 10.2 Å². The fourth-order valence-corrected chi connectivity index (χ4v) is 3.38. The second-order valence-electron chi connectivity index (χ2n) is 6.60. The van der Waals surface area contributed by atoms with Gasteiger partial charge in [-0.15, -0.1) is 5.10 Å². The maximum absolute atomic E-state index is 13.9. The highest BCUT2D eigenvalue weighted by molar-refractivity contribution is 5.71. The van der Waals surface area contributed by atoms with Crippen molar-refractivity contribution in [2.24, 2.45) is 5.73 Å². The summed E-state index contributed by atoms with van der Waals surface area (Å²) in [5, 5.41) is 16.9. The number of nitriles is 1. The van der Waals surface area contributed by atoms with Crippen molar-refractivity contribution in [1.29, 1.82) is 5.26 Å². The number of allylic oxidation sites excluding steroid dienone is 1. The van der Waals surface area contributed by atoms with Gasteiger partial charge in [0.2, 0.25) is 11.8 Å². The Morgan fingerprint density at radius 1 is 1.19 bits per heavy atom. The molecule has 0 bridgehead atoms. The number of aromatic amines is 1. The highest BCUT2D eigenvalue weighted by Gasteiger charge is 2.35. The van der Waals surface area contributed by atoms with Crippen LogP contribution >= 0.6 is 0 Å². The number of aryl methyl sites for hydroxylation is 2. The van der Waals surface area contributed by atoms with Gasteiger partial charge >= 0.3 is 0 Å². The molecule has 0 amide bonds. The van der Waals surface area contributed by atoms with E-state index in [0.29, 0.717) is 17.0 Å². The second kappa shape index (κ2) is 6.29. The van der Waals surface area contributed by atoms with Crippen LogP contribution in [0.4, 0.5) is 4.39 Å². The molecule has 0 spiro atoms. The highest BCUT2D eigenvalue weighted by Crippen LogP contribution is 2.45. The van der Waals surface area contributed by atoms with Gasteiger partial charge in [0, 0.05) is 5.56 Å². The van der Waals surface area contributed by atoms with Crippen molar-refractivity contribution in [2.45, 2.75) is 19.8 Å². The van der Waals surface area contributed by atoms with Gasteiger partial charge in [0.25, 0.3) is 0 Å². The van der Waals surface area contributed by atoms with Crippen LogP contribution in [0.15, 0.2) is 53.9 Å². The highest BCUT2D eigenvalue weighted by atomic mass is 19.1. The van der Waals surface area contributed by atoms with Crippen molar-refractivity contribution >= 4 is 0 Å². The zero-order valence-electron chi connectivity index (χ0n) is 14.9. The molecule has 134 valence electrons. The van der Waals surface area contributed by atoms with E-state index in [9.17, 15) is 9.65 Å². The molecule has 1 atom stereocenters. The van der Waals surface area contributed by atoms with Gasteiger partial charge in [0.05, 0.1) is 17.2 Å². The molecule has 1 aliphatic heterocycles. The number of ether oxygens (including phenoxy) is 1. The second-order valence-corrected chi connectivity index (χ2v) is 6.60. The molecule has 2 heterocycles. The Labute approximate surface area is 155 Å². The molecule has 1 aromatic heterocycles. The Bertz CT molecular complexity index is 1120. The predicted molar refractivity (Wildman–Crippen MR) is 99.2 cm³/mol. The average Bonchev–Trinajstić information content (AvgIpc) is 3.06. The van der Waals surface area contributed by atoms with Crippen LogP contribution in [-0.2, 0) is 0 Å². The minimum atomic E-state index is -0.565. The Morgan fingerprint density at radius 3 is 2.70 bits per heavy atom. The number of nitrogens with two attached hydrogens (primary N) is 1. The minimum absolute atomic E-state index is 0.0163. The molecule has 3 N–H and O–H groups in total. The molecule has 5 nitrogen and oxygen atoms in total. The van der Waals surface area contributed by atoms with Crippen molar-refractivity contribution in [2.75, 3.05) is 0 Å². The van der Waals surface area contributed by atoms with Gasteiger partial charge < -0.3 is 10.5 Å². The van der Waals surface area contributed by atoms with E-state index in [1.54, 1.807) is 12.1 Å². The molecule has 3 aromatic rings. The lowest BCUT2D eigenvalue weighted by Gasteiger charge is -2.24. The Balaban J connectivity index is 1.96. The average molecular weight is 360 g/mol. The lowest BCUT2D eigenvalue weighted by molar-refractivity contribution is 0.379. The van der Waals surface area contributed by atoms with Crippen LogP contribution in [0.2, 0.25) is 0 Å². The standard InChI is InChI=1S/C21H17FN4O/c1-11-6-7-14(8-12(11)2)19-18-17(13-4-3-5-15(22)9-13)16(10-23)20(24)27-21(18)26-25-19/h3-9,17H,24H2,1-2H3,(H,25,26)/t17-/m0/s1. The van der Waals surface area contributed by atoms with Gasteiger partial charge in [-0.1, -0.05) is 24.3 Å². The number of halogens is 1. The topological polar surface area (TPSA) is 87.7 Å². The van der Waals surface area contributed by atoms with Crippen LogP contribution in [0, 0.1) is 31.0 Å². The summed E-state index contributed by atoms with van der Waals surface area (Å²) in [6.07, 6.45) is 0. The molecule has 0 saturated carbocycles. The van der Waals surface area contributed by atoms with Gasteiger partial charge in [0.15, 0.2) is 0 Å². The number of H-pyrrole nitrogens is 1. The molecule has 2 aromatic carbocycles. The maximum Gasteiger partial charge on any atom is 0.244 e. The number of benzene rings is 2. The number of hydrogen-bond donors (Lipinski definition) is 2. The van der Waals surface area contributed by atoms with E-state index in [2.05, 4.69) is 16.3 Å². The summed E-state index contributed by atoms with van der Waals surface area (Å²) in [5.74, 6) is -0.663. The third kappa shape index (κ3) is 2.74. The van der Waals surface area contributed by atoms with Crippen molar-refractivity contribution in [3.63, 3.8) is 0 Å². The summed E-state index contributed by atoms with van der Waals surface area (Å²) >= 11 is 0. The lowest BCUT2D eigenvalue weighted by atomic mass is 9.83. The Hall–Kier alpha value is -3.59. The maximum atomic E-state index is 13.9. The number of fused-ring (bicyclic) bond motifs is 1. The fraction of sp³-hybridized carbons (Fsp3) is 0.143. The van der Waals surface area contributed by atoms with E-state index in [1.165, 1.54) is 17.7 Å². The van der Waals surface area contributed by atoms with E-state index in [-0.39, 0.29) is 17.3 Å². The van der Waals surface area contributed by atoms with Gasteiger partial charge in [0.1, 0.15) is 17.5 Å². The largest absolute Gasteiger partial charge is 0.420 e. The predicted octanol–water partition coefficient (Wildman–Crippen LogP) is 4.05. The number of hydrogen-bond acceptors (Lipinski definition) is 4. The number of nitrogens with one attached hydrogen (secondary N) is 1. The van der Waals surface area contributed by atoms with Crippen molar-refractivity contribution < 1.29 is 9.13 Å². The molecule has 4 rings (SSSR count). The third-order valence-electron chi connectivity index (χ3n) is 4.92. The first-order valence-electron chi connectivity index (χ1n) is 8.48. The number of aromatic nitrogens is 2. The van der Waals surface area contributed by atoms with Crippen molar-refractivity contribution in [3.8, 4) is 23.2 Å². The number of nitrogens with zero attached hydrogens (tertiary/aromatic N) is 2. The first-order valence-corrected chi connectivity index (χ1v) is 8.48. The van der Waals surface area contributed by atoms with E-state index < -0.39 is 5.92 Å². The SMILES string of the molecule is Cc1ccc(-c2[nH]nc3c2[C@@H](c2cccc(F)c2)C(C#N)=C(N)O3)cc1C. The number of rotatable bonds is 2. The third-order valence-corrected chi connectivity index (χ3v) is 4.92. The van der Waals surface area contributed by atoms with Crippen LogP contribution in [0.3, 0.4) is 0 Å². The van der Waals surface area contributed by atoms with E-state index in [4.69, 9.17) is 10.5 Å². The van der Waals surface area contributed by atoms with Gasteiger partial charge in [-0.2, -0.15) is 5.26 Å². The van der Waals surface area contributed by atoms with Gasteiger partial charge in [-0.3, -0.25) is 5.10 Å². The molecule has 27 heavy (non-hydrogen) atoms. The Kier molecular flexibility index (Phi) is 3.93. The summed E-state index contributed by atoms with van der Waals surface area (Å²) in [5.41, 5.74) is 11.4. The van der Waals surface area contributed by atoms with Crippen LogP contribution in [0.25, 0.3) is 11.3 Å². The molecule has 0 fully saturated rings. The summed E-state index contributed by atoms with van der Waals surface area (Å²) in [7, 11) is 0. The van der Waals surface area contributed by atoms with Crippen molar-refractivity contribution in [3.05, 3.63) is 82.0 Å². The monoisotopic (exact) mass is 360 g/mol. The van der Waals surface area contributed by atoms with Crippen LogP contribution < -0.4 is 10.5 Å². The molecule has 0 unspecified atom stereocenters. The quantitative estimate of drug-likeness (QED) is 0.722. The summed E-state index contributed by atoms with van der Waals surface area (Å²) < 4.78 is 19.5. The summed E-state index contributed by atoms with van der Waals surface area (Å²) in [6, 6.07) is 14.3. The zero-order chi connectivity index (χ0) is 19.1. The summed E-state index contributed by atoms with van der Waals surface area (Å²) in [6.45, 7) is 4.07. The first-order chi connectivity index (χ1) is 13.0. The van der Waals surface area contributed by atoms with E-state index in [0.717, 1.165) is 16.8 Å². The smallest absolute Gasteiger partial charge is 0.244 e. The fourth-order valence-electron chi connectivity index (χ4n) is 3.38. The molecule has 6 heteroatoms. The molecular weight excluding hydrogens is 343 g/mol. The normalized spacial score (nSPS) is 15.9. The van der Waals surface area contributed by atoms with E-state index in [1.807, 2.05) is 32.0 Å². The lowest BCUT2D eigenvalue weighted by Crippen LogP contribution is -2.21. The molecule has 0 saturated heterocycles. The molecule has 0 aliphatic carbocycles. The molecule has 1 aliphatic rings. The molecular formula is C21H17FN4O. The van der Waals surface area contributed by atoms with Crippen LogP contribution in [0.5, 0.6) is 5.88 Å². The van der Waals surface area contributed by atoms with Crippen LogP contribution in [0.1, 0.15) is 28.2 Å². The van der Waals surface area contributed by atoms with Gasteiger partial charge in [-0.25, -0.2) is 4.39 Å². The van der Waals surface area contributed by atoms with Gasteiger partial charge in [-0.05, 0) is 48.7 Å². The first kappa shape index (κ1) is 16.9. The molecule has 0 radical (unpaired) electrons. The Morgan fingerprint density at radius 2 is 2.00 bits per heavy atom. The van der Waals surface area contributed by atoms with Crippen LogP contribution in [-0.4, -0.2) is 10.2 Å². The minimum Gasteiger partial charge on any atom is -0.420 e. The van der Waals surface area contributed by atoms with E-state index >= 15 is 0 Å². The summed E-state index contributed by atoms with van der Waals surface area (Å²) in [4.78, 5) is 0. The zero-order valence-corrected chi connectivity index (χ0v) is 14.9.